The van der Waals surface area contributed by atoms with Crippen molar-refractivity contribution in [3.05, 3.63) is 35.5 Å². The van der Waals surface area contributed by atoms with Crippen LogP contribution < -0.4 is 5.32 Å². The van der Waals surface area contributed by atoms with E-state index in [2.05, 4.69) is 20.8 Å². The van der Waals surface area contributed by atoms with Crippen LogP contribution in [0.4, 0.5) is 0 Å². The number of tetrazole rings is 1. The minimum atomic E-state index is -1.66. The largest absolute Gasteiger partial charge is 0.508 e. The molecule has 0 radical (unpaired) electrons. The first-order chi connectivity index (χ1) is 15.8. The van der Waals surface area contributed by atoms with Crippen LogP contribution in [0.1, 0.15) is 0 Å². The fourth-order valence-electron chi connectivity index (χ4n) is 3.30. The van der Waals surface area contributed by atoms with Gasteiger partial charge in [0.1, 0.15) is 28.6 Å². The summed E-state index contributed by atoms with van der Waals surface area (Å²) in [5, 5.41) is 32.7. The molecule has 0 aliphatic carbocycles. The first-order valence-corrected chi connectivity index (χ1v) is 12.8. The number of carbonyl (C=O) groups excluding carboxylic acids is 2. The van der Waals surface area contributed by atoms with Crippen LogP contribution in [0.15, 0.2) is 45.6 Å². The smallest absolute Gasteiger partial charge is 0.352 e. The van der Waals surface area contributed by atoms with Crippen molar-refractivity contribution in [1.29, 1.82) is 0 Å². The molecule has 2 aromatic rings. The molecule has 4 rings (SSSR count). The monoisotopic (exact) mass is 510 g/mol. The number of aliphatic carboxylic acids is 1. The van der Waals surface area contributed by atoms with E-state index in [-0.39, 0.29) is 17.2 Å². The van der Waals surface area contributed by atoms with E-state index in [9.17, 15) is 28.8 Å². The van der Waals surface area contributed by atoms with Gasteiger partial charge >= 0.3 is 5.97 Å². The number of aromatic nitrogens is 4. The van der Waals surface area contributed by atoms with E-state index in [1.54, 1.807) is 7.05 Å². The van der Waals surface area contributed by atoms with Crippen molar-refractivity contribution in [2.24, 2.45) is 7.05 Å². The van der Waals surface area contributed by atoms with Gasteiger partial charge in [-0.2, -0.15) is 0 Å². The van der Waals surface area contributed by atoms with Crippen LogP contribution in [-0.2, 0) is 32.2 Å². The zero-order chi connectivity index (χ0) is 23.7. The lowest BCUT2D eigenvalue weighted by Crippen LogP contribution is -2.70. The Kier molecular flexibility index (Phi) is 6.71. The molecule has 3 atom stereocenters. The molecule has 1 aromatic heterocycles. The van der Waals surface area contributed by atoms with Crippen LogP contribution in [0.5, 0.6) is 5.75 Å². The Morgan fingerprint density at radius 3 is 2.70 bits per heavy atom. The van der Waals surface area contributed by atoms with E-state index in [4.69, 9.17) is 0 Å². The van der Waals surface area contributed by atoms with E-state index < -0.39 is 40.0 Å². The van der Waals surface area contributed by atoms with E-state index in [0.717, 1.165) is 0 Å². The predicted octanol–water partition coefficient (Wildman–Crippen LogP) is -0.446. The number of carboxylic acids is 1. The van der Waals surface area contributed by atoms with Crippen molar-refractivity contribution in [3.63, 3.8) is 0 Å². The van der Waals surface area contributed by atoms with Gasteiger partial charge in [0.15, 0.2) is 0 Å². The third kappa shape index (κ3) is 4.74. The van der Waals surface area contributed by atoms with E-state index in [1.807, 2.05) is 0 Å². The van der Waals surface area contributed by atoms with Gasteiger partial charge in [-0.25, -0.2) is 9.48 Å². The van der Waals surface area contributed by atoms with Crippen molar-refractivity contribution in [1.82, 2.24) is 30.4 Å². The summed E-state index contributed by atoms with van der Waals surface area (Å²) < 4.78 is 13.8. The molecule has 3 heterocycles. The standard InChI is InChI=1S/C18H18N6O6S3/c1-23-18(20-21-22-23)32-7-9-6-31-16-13(15(27)24(16)14(9)17(28)29)19-12(26)8-33(30)11-4-2-10(25)3-5-11/h2-5,13,16,25H,6-8H2,1H3,(H,19,26)(H,28,29)/t13?,16-,33?/m0/s1. The van der Waals surface area contributed by atoms with Gasteiger partial charge in [0, 0.05) is 23.4 Å². The highest BCUT2D eigenvalue weighted by atomic mass is 32.2. The van der Waals surface area contributed by atoms with Crippen LogP contribution in [0.25, 0.3) is 0 Å². The number of carboxylic acid groups (broad SMARTS) is 1. The maximum Gasteiger partial charge on any atom is 0.352 e. The number of benzene rings is 1. The SMILES string of the molecule is Cn1nnnc1SCC1=C(C(=O)O)N2C(=O)C(NC(=O)CS(=O)c3ccc(O)cc3)[C@@H]2SC1. The van der Waals surface area contributed by atoms with Crippen molar-refractivity contribution >= 4 is 52.1 Å². The van der Waals surface area contributed by atoms with Crippen LogP contribution in [0.3, 0.4) is 0 Å². The number of hydrogen-bond donors (Lipinski definition) is 3. The molecule has 2 aliphatic rings. The number of phenolic OH excluding ortho intramolecular Hbond substituents is 1. The topological polar surface area (TPSA) is 168 Å². The number of β-lactam (4-membered cyclic amide) rings is 1. The molecule has 1 saturated heterocycles. The molecule has 1 aromatic carbocycles. The highest BCUT2D eigenvalue weighted by Crippen LogP contribution is 2.41. The van der Waals surface area contributed by atoms with Gasteiger partial charge in [-0.15, -0.1) is 16.9 Å². The Labute approximate surface area is 198 Å². The average molecular weight is 511 g/mol. The molecule has 1 fully saturated rings. The number of carbonyl (C=O) groups is 3. The minimum absolute atomic E-state index is 0.0167. The van der Waals surface area contributed by atoms with Gasteiger partial charge in [-0.05, 0) is 40.3 Å². The average Bonchev–Trinajstić information content (AvgIpc) is 3.20. The van der Waals surface area contributed by atoms with Crippen LogP contribution >= 0.6 is 23.5 Å². The number of rotatable bonds is 8. The second-order valence-corrected chi connectivity index (χ2v) is 10.6. The molecule has 33 heavy (non-hydrogen) atoms. The van der Waals surface area contributed by atoms with E-state index >= 15 is 0 Å². The lowest BCUT2D eigenvalue weighted by Gasteiger charge is -2.49. The van der Waals surface area contributed by atoms with Gasteiger partial charge in [0.25, 0.3) is 5.91 Å². The summed E-state index contributed by atoms with van der Waals surface area (Å²) in [5.41, 5.74) is 0.466. The fraction of sp³-hybridized carbons (Fsp3) is 0.333. The molecule has 174 valence electrons. The van der Waals surface area contributed by atoms with Crippen LogP contribution in [0, 0.1) is 0 Å². The summed E-state index contributed by atoms with van der Waals surface area (Å²) in [4.78, 5) is 38.6. The molecule has 0 spiro atoms. The number of hydrogen-bond acceptors (Lipinski definition) is 10. The quantitative estimate of drug-likeness (QED) is 0.311. The number of nitrogens with one attached hydrogen (secondary N) is 1. The molecule has 15 heteroatoms. The molecular weight excluding hydrogens is 492 g/mol. The molecule has 0 bridgehead atoms. The molecular formula is C18H18N6O6S3. The molecule has 2 amide bonds. The van der Waals surface area contributed by atoms with E-state index in [1.165, 1.54) is 57.4 Å². The van der Waals surface area contributed by atoms with Gasteiger partial charge < -0.3 is 15.5 Å². The Hall–Kier alpha value is -2.91. The Balaban J connectivity index is 1.40. The molecule has 2 aliphatic heterocycles. The number of aryl methyl sites for hydroxylation is 1. The number of aromatic hydroxyl groups is 1. The number of fused-ring (bicyclic) bond motifs is 1. The normalized spacial score (nSPS) is 20.8. The minimum Gasteiger partial charge on any atom is -0.508 e. The Bertz CT molecular complexity index is 1170. The predicted molar refractivity (Wildman–Crippen MR) is 119 cm³/mol. The van der Waals surface area contributed by atoms with Gasteiger partial charge in [-0.1, -0.05) is 11.8 Å². The summed E-state index contributed by atoms with van der Waals surface area (Å²) >= 11 is 2.61. The van der Waals surface area contributed by atoms with Crippen LogP contribution in [-0.4, -0.2) is 86.0 Å². The summed E-state index contributed by atoms with van der Waals surface area (Å²) in [6, 6.07) is 4.74. The maximum absolute atomic E-state index is 12.7. The highest BCUT2D eigenvalue weighted by Gasteiger charge is 2.54. The first-order valence-electron chi connectivity index (χ1n) is 9.48. The second-order valence-electron chi connectivity index (χ2n) is 7.07. The van der Waals surface area contributed by atoms with Crippen molar-refractivity contribution in [2.45, 2.75) is 21.5 Å². The molecule has 0 saturated carbocycles. The Morgan fingerprint density at radius 1 is 1.33 bits per heavy atom. The number of phenols is 1. The third-order valence-corrected chi connectivity index (χ3v) is 8.64. The van der Waals surface area contributed by atoms with Crippen molar-refractivity contribution < 1.29 is 28.8 Å². The zero-order valence-electron chi connectivity index (χ0n) is 17.1. The van der Waals surface area contributed by atoms with Gasteiger partial charge in [0.05, 0.1) is 10.8 Å². The maximum atomic E-state index is 12.7. The summed E-state index contributed by atoms with van der Waals surface area (Å²) in [5.74, 6) is -2.03. The number of amides is 2. The molecule has 12 nitrogen and oxygen atoms in total. The van der Waals surface area contributed by atoms with Crippen molar-refractivity contribution in [2.75, 3.05) is 17.3 Å². The highest BCUT2D eigenvalue weighted by molar-refractivity contribution is 8.01. The summed E-state index contributed by atoms with van der Waals surface area (Å²) in [7, 11) is 0.0123. The zero-order valence-corrected chi connectivity index (χ0v) is 19.5. The van der Waals surface area contributed by atoms with E-state index in [0.29, 0.717) is 27.1 Å². The first kappa shape index (κ1) is 23.3. The lowest BCUT2D eigenvalue weighted by molar-refractivity contribution is -0.150. The lowest BCUT2D eigenvalue weighted by atomic mass is 10.0. The summed E-state index contributed by atoms with van der Waals surface area (Å²) in [6.07, 6.45) is 0. The number of thioether (sulfide) groups is 2. The van der Waals surface area contributed by atoms with Crippen molar-refractivity contribution in [3.8, 4) is 5.75 Å². The second kappa shape index (κ2) is 9.52. The fourth-order valence-corrected chi connectivity index (χ4v) is 6.57. The Morgan fingerprint density at radius 2 is 2.06 bits per heavy atom. The molecule has 3 N–H and O–H groups in total. The van der Waals surface area contributed by atoms with Gasteiger partial charge in [-0.3, -0.25) is 18.7 Å². The van der Waals surface area contributed by atoms with Crippen LogP contribution in [0.2, 0.25) is 0 Å². The van der Waals surface area contributed by atoms with Gasteiger partial charge in [0.2, 0.25) is 11.1 Å². The molecule has 2 unspecified atom stereocenters. The number of nitrogens with zero attached hydrogens (tertiary/aromatic N) is 5. The third-order valence-electron chi connectivity index (χ3n) is 4.88. The summed E-state index contributed by atoms with van der Waals surface area (Å²) in [6.45, 7) is 0.